The lowest BCUT2D eigenvalue weighted by molar-refractivity contribution is 0.604. The number of nitrogens with one attached hydrogen (secondary N) is 2. The van der Waals surface area contributed by atoms with Crippen LogP contribution in [0.4, 0.5) is 15.8 Å². The van der Waals surface area contributed by atoms with E-state index in [1.807, 2.05) is 19.1 Å². The lowest BCUT2D eigenvalue weighted by atomic mass is 10.1. The van der Waals surface area contributed by atoms with Crippen LogP contribution in [-0.4, -0.2) is 19.7 Å². The molecule has 1 unspecified atom stereocenters. The highest BCUT2D eigenvalue weighted by molar-refractivity contribution is 7.92. The molecular formula is C14H16FN3O2S. The van der Waals surface area contributed by atoms with Crippen LogP contribution in [0.2, 0.25) is 0 Å². The van der Waals surface area contributed by atoms with E-state index < -0.39 is 15.8 Å². The zero-order chi connectivity index (χ0) is 15.5. The summed E-state index contributed by atoms with van der Waals surface area (Å²) < 4.78 is 38.2. The number of aromatic nitrogens is 1. The van der Waals surface area contributed by atoms with Gasteiger partial charge < -0.3 is 5.32 Å². The van der Waals surface area contributed by atoms with Gasteiger partial charge in [-0.15, -0.1) is 0 Å². The van der Waals surface area contributed by atoms with Crippen molar-refractivity contribution in [3.8, 4) is 0 Å². The first-order valence-electron chi connectivity index (χ1n) is 6.29. The molecule has 2 aromatic rings. The monoisotopic (exact) mass is 309 g/mol. The zero-order valence-electron chi connectivity index (χ0n) is 11.7. The number of hydrogen-bond acceptors (Lipinski definition) is 4. The molecule has 0 aliphatic heterocycles. The lowest BCUT2D eigenvalue weighted by Gasteiger charge is -2.16. The second-order valence-electron chi connectivity index (χ2n) is 4.72. The summed E-state index contributed by atoms with van der Waals surface area (Å²) in [5, 5.41) is 3.18. The number of sulfonamides is 1. The minimum absolute atomic E-state index is 0.0236. The van der Waals surface area contributed by atoms with E-state index >= 15 is 0 Å². The summed E-state index contributed by atoms with van der Waals surface area (Å²) >= 11 is 0. The average Bonchev–Trinajstić information content (AvgIpc) is 2.42. The predicted octanol–water partition coefficient (Wildman–Crippen LogP) is 2.77. The fourth-order valence-corrected chi connectivity index (χ4v) is 2.43. The molecule has 5 nitrogen and oxygen atoms in total. The Morgan fingerprint density at radius 3 is 2.48 bits per heavy atom. The molecule has 0 aliphatic rings. The molecule has 0 bridgehead atoms. The first-order valence-corrected chi connectivity index (χ1v) is 8.18. The van der Waals surface area contributed by atoms with Crippen LogP contribution in [0.3, 0.4) is 0 Å². The maximum Gasteiger partial charge on any atom is 0.229 e. The van der Waals surface area contributed by atoms with Crippen LogP contribution in [0.15, 0.2) is 42.7 Å². The van der Waals surface area contributed by atoms with E-state index in [1.54, 1.807) is 18.5 Å². The Morgan fingerprint density at radius 2 is 1.86 bits per heavy atom. The standard InChI is InChI=1S/C14H16FN3O2S/c1-10(11-5-7-16-8-6-11)17-12-3-4-13(15)14(9-12)18-21(2,19)20/h3-10,17-18H,1-2H3. The van der Waals surface area contributed by atoms with Crippen LogP contribution < -0.4 is 10.0 Å². The van der Waals surface area contributed by atoms with E-state index in [0.717, 1.165) is 11.8 Å². The maximum atomic E-state index is 13.6. The van der Waals surface area contributed by atoms with E-state index in [4.69, 9.17) is 0 Å². The van der Waals surface area contributed by atoms with Gasteiger partial charge in [-0.2, -0.15) is 0 Å². The normalized spacial score (nSPS) is 12.7. The van der Waals surface area contributed by atoms with E-state index in [-0.39, 0.29) is 11.7 Å². The van der Waals surface area contributed by atoms with Gasteiger partial charge in [-0.1, -0.05) is 0 Å². The van der Waals surface area contributed by atoms with Gasteiger partial charge in [0.2, 0.25) is 10.0 Å². The van der Waals surface area contributed by atoms with Crippen LogP contribution in [0.1, 0.15) is 18.5 Å². The van der Waals surface area contributed by atoms with Gasteiger partial charge in [-0.25, -0.2) is 12.8 Å². The Hall–Kier alpha value is -2.15. The number of pyridine rings is 1. The lowest BCUT2D eigenvalue weighted by Crippen LogP contribution is -2.12. The van der Waals surface area contributed by atoms with Crippen molar-refractivity contribution in [2.45, 2.75) is 13.0 Å². The van der Waals surface area contributed by atoms with Crippen LogP contribution in [0, 0.1) is 5.82 Å². The van der Waals surface area contributed by atoms with Gasteiger partial charge in [0.15, 0.2) is 0 Å². The van der Waals surface area contributed by atoms with Crippen molar-refractivity contribution in [3.63, 3.8) is 0 Å². The molecule has 0 aliphatic carbocycles. The van der Waals surface area contributed by atoms with Crippen molar-refractivity contribution >= 4 is 21.4 Å². The number of anilines is 2. The average molecular weight is 309 g/mol. The minimum Gasteiger partial charge on any atom is -0.378 e. The highest BCUT2D eigenvalue weighted by atomic mass is 32.2. The molecule has 1 atom stereocenters. The summed E-state index contributed by atoms with van der Waals surface area (Å²) in [6.45, 7) is 1.95. The van der Waals surface area contributed by atoms with Crippen molar-refractivity contribution in [1.29, 1.82) is 0 Å². The van der Waals surface area contributed by atoms with Gasteiger partial charge in [0.1, 0.15) is 5.82 Å². The third kappa shape index (κ3) is 4.42. The summed E-state index contributed by atoms with van der Waals surface area (Å²) in [5.74, 6) is -0.623. The number of benzene rings is 1. The number of halogens is 1. The van der Waals surface area contributed by atoms with E-state index in [9.17, 15) is 12.8 Å². The molecule has 7 heteroatoms. The van der Waals surface area contributed by atoms with Crippen molar-refractivity contribution in [1.82, 2.24) is 4.98 Å². The third-order valence-electron chi connectivity index (χ3n) is 2.85. The van der Waals surface area contributed by atoms with Crippen LogP contribution in [0.5, 0.6) is 0 Å². The molecular weight excluding hydrogens is 293 g/mol. The van der Waals surface area contributed by atoms with Gasteiger partial charge in [-0.05, 0) is 42.8 Å². The predicted molar refractivity (Wildman–Crippen MR) is 81.1 cm³/mol. The van der Waals surface area contributed by atoms with Crippen LogP contribution in [-0.2, 0) is 10.0 Å². The van der Waals surface area contributed by atoms with E-state index in [1.165, 1.54) is 12.1 Å². The molecule has 0 amide bonds. The summed E-state index contributed by atoms with van der Waals surface area (Å²) in [7, 11) is -3.52. The van der Waals surface area contributed by atoms with Crippen molar-refractivity contribution in [2.75, 3.05) is 16.3 Å². The summed E-state index contributed by atoms with van der Waals surface area (Å²) in [6, 6.07) is 7.92. The third-order valence-corrected chi connectivity index (χ3v) is 3.44. The molecule has 0 radical (unpaired) electrons. The zero-order valence-corrected chi connectivity index (χ0v) is 12.5. The van der Waals surface area contributed by atoms with Gasteiger partial charge in [-0.3, -0.25) is 9.71 Å². The van der Waals surface area contributed by atoms with Crippen molar-refractivity contribution < 1.29 is 12.8 Å². The molecule has 112 valence electrons. The second kappa shape index (κ2) is 6.09. The fourth-order valence-electron chi connectivity index (χ4n) is 1.88. The largest absolute Gasteiger partial charge is 0.378 e. The van der Waals surface area contributed by atoms with E-state index in [0.29, 0.717) is 5.69 Å². The quantitative estimate of drug-likeness (QED) is 0.891. The highest BCUT2D eigenvalue weighted by Crippen LogP contribution is 2.24. The van der Waals surface area contributed by atoms with Gasteiger partial charge in [0.25, 0.3) is 0 Å². The Morgan fingerprint density at radius 1 is 1.19 bits per heavy atom. The van der Waals surface area contributed by atoms with Crippen LogP contribution >= 0.6 is 0 Å². The van der Waals surface area contributed by atoms with Gasteiger partial charge in [0.05, 0.1) is 11.9 Å². The van der Waals surface area contributed by atoms with Gasteiger partial charge >= 0.3 is 0 Å². The molecule has 2 rings (SSSR count). The van der Waals surface area contributed by atoms with Crippen LogP contribution in [0.25, 0.3) is 0 Å². The molecule has 21 heavy (non-hydrogen) atoms. The highest BCUT2D eigenvalue weighted by Gasteiger charge is 2.10. The number of nitrogens with zero attached hydrogens (tertiary/aromatic N) is 1. The Labute approximate surface area is 123 Å². The maximum absolute atomic E-state index is 13.6. The topological polar surface area (TPSA) is 71.1 Å². The molecule has 1 heterocycles. The molecule has 0 fully saturated rings. The first kappa shape index (κ1) is 15.2. The molecule has 0 saturated carbocycles. The fraction of sp³-hybridized carbons (Fsp3) is 0.214. The Balaban J connectivity index is 2.19. The molecule has 0 saturated heterocycles. The van der Waals surface area contributed by atoms with Crippen molar-refractivity contribution in [3.05, 3.63) is 54.1 Å². The number of hydrogen-bond donors (Lipinski definition) is 2. The summed E-state index contributed by atoms with van der Waals surface area (Å²) in [5.41, 5.74) is 1.56. The second-order valence-corrected chi connectivity index (χ2v) is 6.46. The van der Waals surface area contributed by atoms with E-state index in [2.05, 4.69) is 15.0 Å². The molecule has 2 N–H and O–H groups in total. The molecule has 1 aromatic carbocycles. The summed E-state index contributed by atoms with van der Waals surface area (Å²) in [4.78, 5) is 3.95. The number of rotatable bonds is 5. The molecule has 0 spiro atoms. The summed E-state index contributed by atoms with van der Waals surface area (Å²) in [6.07, 6.45) is 4.36. The SMILES string of the molecule is CC(Nc1ccc(F)c(NS(C)(=O)=O)c1)c1ccncc1. The smallest absolute Gasteiger partial charge is 0.229 e. The minimum atomic E-state index is -3.52. The molecule has 1 aromatic heterocycles. The van der Waals surface area contributed by atoms with Crippen molar-refractivity contribution in [2.24, 2.45) is 0 Å². The first-order chi connectivity index (χ1) is 9.85. The Bertz CT molecular complexity index is 720. The Kier molecular flexibility index (Phi) is 4.42. The van der Waals surface area contributed by atoms with Gasteiger partial charge in [0, 0.05) is 24.1 Å².